The Hall–Kier alpha value is -4.60. The van der Waals surface area contributed by atoms with E-state index in [9.17, 15) is 0 Å². The van der Waals surface area contributed by atoms with Gasteiger partial charge in [-0.25, -0.2) is 9.97 Å². The van der Waals surface area contributed by atoms with Crippen molar-refractivity contribution in [3.05, 3.63) is 67.3 Å². The molecule has 0 aliphatic carbocycles. The molecule has 4 aromatic heterocycles. The molecule has 3 N–H and O–H groups in total. The van der Waals surface area contributed by atoms with E-state index in [1.165, 1.54) is 0 Å². The van der Waals surface area contributed by atoms with Crippen molar-refractivity contribution >= 4 is 28.1 Å². The SMILES string of the molecule is c1cn2cc(-c3ccc4cn[nH]c4c3)nc(Nc3ccc(-c4nn[nH]n4)cc3)c2n1. The minimum absolute atomic E-state index is 0.548. The lowest BCUT2D eigenvalue weighted by Crippen LogP contribution is -2.00. The summed E-state index contributed by atoms with van der Waals surface area (Å²) in [5.74, 6) is 1.21. The molecular weight excluding hydrogens is 380 g/mol. The summed E-state index contributed by atoms with van der Waals surface area (Å²) in [6.45, 7) is 0. The zero-order chi connectivity index (χ0) is 19.9. The number of nitrogens with zero attached hydrogens (tertiary/aromatic N) is 7. The van der Waals surface area contributed by atoms with E-state index in [1.807, 2.05) is 59.3 Å². The van der Waals surface area contributed by atoms with E-state index >= 15 is 0 Å². The molecule has 0 unspecified atom stereocenters. The fraction of sp³-hybridized carbons (Fsp3) is 0. The molecule has 0 saturated carbocycles. The van der Waals surface area contributed by atoms with E-state index in [0.29, 0.717) is 11.6 Å². The second kappa shape index (κ2) is 6.48. The van der Waals surface area contributed by atoms with Crippen molar-refractivity contribution in [2.24, 2.45) is 0 Å². The predicted molar refractivity (Wildman–Crippen MR) is 111 cm³/mol. The summed E-state index contributed by atoms with van der Waals surface area (Å²) in [4.78, 5) is 9.27. The molecule has 6 aromatic rings. The molecule has 0 radical (unpaired) electrons. The van der Waals surface area contributed by atoms with Crippen LogP contribution in [-0.2, 0) is 0 Å². The Balaban J connectivity index is 1.39. The van der Waals surface area contributed by atoms with Crippen LogP contribution in [0.4, 0.5) is 11.5 Å². The summed E-state index contributed by atoms with van der Waals surface area (Å²) in [5.41, 5.74) is 5.26. The molecule has 2 aromatic carbocycles. The lowest BCUT2D eigenvalue weighted by atomic mass is 10.1. The van der Waals surface area contributed by atoms with Gasteiger partial charge >= 0.3 is 0 Å². The normalized spacial score (nSPS) is 11.3. The van der Waals surface area contributed by atoms with Gasteiger partial charge in [-0.2, -0.15) is 10.3 Å². The van der Waals surface area contributed by atoms with Gasteiger partial charge in [-0.3, -0.25) is 5.10 Å². The van der Waals surface area contributed by atoms with E-state index in [0.717, 1.165) is 39.1 Å². The van der Waals surface area contributed by atoms with E-state index in [2.05, 4.69) is 41.1 Å². The van der Waals surface area contributed by atoms with Gasteiger partial charge in [-0.15, -0.1) is 10.2 Å². The summed E-state index contributed by atoms with van der Waals surface area (Å²) in [7, 11) is 0. The lowest BCUT2D eigenvalue weighted by molar-refractivity contribution is 0.881. The van der Waals surface area contributed by atoms with Gasteiger partial charge in [-0.1, -0.05) is 12.1 Å². The summed E-state index contributed by atoms with van der Waals surface area (Å²) in [6, 6.07) is 13.8. The highest BCUT2D eigenvalue weighted by Gasteiger charge is 2.11. The number of anilines is 2. The molecule has 0 saturated heterocycles. The van der Waals surface area contributed by atoms with Gasteiger partial charge in [0, 0.05) is 40.8 Å². The minimum atomic E-state index is 0.548. The molecular formula is C20H14N10. The molecule has 4 heterocycles. The number of fused-ring (bicyclic) bond motifs is 2. The second-order valence-electron chi connectivity index (χ2n) is 6.74. The summed E-state index contributed by atoms with van der Waals surface area (Å²) >= 11 is 0. The third kappa shape index (κ3) is 2.75. The number of hydrogen-bond donors (Lipinski definition) is 3. The Bertz CT molecular complexity index is 1460. The second-order valence-corrected chi connectivity index (χ2v) is 6.74. The van der Waals surface area contributed by atoms with Crippen molar-refractivity contribution in [3.8, 4) is 22.6 Å². The molecule has 0 amide bonds. The molecule has 10 nitrogen and oxygen atoms in total. The topological polar surface area (TPSA) is 125 Å². The molecule has 6 rings (SSSR count). The van der Waals surface area contributed by atoms with Crippen LogP contribution in [0.1, 0.15) is 0 Å². The van der Waals surface area contributed by atoms with Crippen LogP contribution < -0.4 is 5.32 Å². The maximum atomic E-state index is 4.83. The molecule has 0 fully saturated rings. The molecule has 0 aliphatic rings. The van der Waals surface area contributed by atoms with Crippen LogP contribution in [0.2, 0.25) is 0 Å². The molecule has 10 heteroatoms. The van der Waals surface area contributed by atoms with Gasteiger partial charge < -0.3 is 9.72 Å². The first-order valence-electron chi connectivity index (χ1n) is 9.22. The predicted octanol–water partition coefficient (Wildman–Crippen LogP) is 3.20. The number of nitrogens with one attached hydrogen (secondary N) is 3. The number of H-pyrrole nitrogens is 2. The first-order chi connectivity index (χ1) is 14.8. The van der Waals surface area contributed by atoms with E-state index in [-0.39, 0.29) is 0 Å². The monoisotopic (exact) mass is 394 g/mol. The number of rotatable bonds is 4. The maximum absolute atomic E-state index is 4.83. The third-order valence-electron chi connectivity index (χ3n) is 4.86. The number of hydrogen-bond acceptors (Lipinski definition) is 7. The lowest BCUT2D eigenvalue weighted by Gasteiger charge is -2.10. The van der Waals surface area contributed by atoms with Gasteiger partial charge in [0.25, 0.3) is 0 Å². The van der Waals surface area contributed by atoms with Crippen molar-refractivity contribution in [1.29, 1.82) is 0 Å². The van der Waals surface area contributed by atoms with E-state index < -0.39 is 0 Å². The van der Waals surface area contributed by atoms with Crippen molar-refractivity contribution in [2.75, 3.05) is 5.32 Å². The number of imidazole rings is 1. The van der Waals surface area contributed by atoms with Crippen LogP contribution in [0.3, 0.4) is 0 Å². The minimum Gasteiger partial charge on any atom is -0.337 e. The molecule has 0 spiro atoms. The quantitative estimate of drug-likeness (QED) is 0.419. The van der Waals surface area contributed by atoms with Crippen LogP contribution in [0.5, 0.6) is 0 Å². The van der Waals surface area contributed by atoms with E-state index in [4.69, 9.17) is 4.98 Å². The molecule has 0 aliphatic heterocycles. The highest BCUT2D eigenvalue weighted by molar-refractivity contribution is 5.84. The van der Waals surface area contributed by atoms with Crippen LogP contribution >= 0.6 is 0 Å². The first-order valence-corrected chi connectivity index (χ1v) is 9.22. The van der Waals surface area contributed by atoms with Crippen LogP contribution in [0, 0.1) is 0 Å². The summed E-state index contributed by atoms with van der Waals surface area (Å²) in [5, 5.41) is 25.6. The highest BCUT2D eigenvalue weighted by atomic mass is 15.5. The van der Waals surface area contributed by atoms with E-state index in [1.54, 1.807) is 12.4 Å². The largest absolute Gasteiger partial charge is 0.337 e. The Morgan fingerprint density at radius 1 is 1.00 bits per heavy atom. The zero-order valence-corrected chi connectivity index (χ0v) is 15.5. The smallest absolute Gasteiger partial charge is 0.204 e. The average molecular weight is 394 g/mol. The van der Waals surface area contributed by atoms with Crippen molar-refractivity contribution in [3.63, 3.8) is 0 Å². The van der Waals surface area contributed by atoms with Gasteiger partial charge in [-0.05, 0) is 35.5 Å². The van der Waals surface area contributed by atoms with Crippen molar-refractivity contribution < 1.29 is 0 Å². The zero-order valence-electron chi connectivity index (χ0n) is 15.5. The summed E-state index contributed by atoms with van der Waals surface area (Å²) < 4.78 is 1.95. The highest BCUT2D eigenvalue weighted by Crippen LogP contribution is 2.27. The number of aromatic nitrogens is 9. The molecule has 0 bridgehead atoms. The average Bonchev–Trinajstić information content (AvgIpc) is 3.54. The van der Waals surface area contributed by atoms with Gasteiger partial charge in [0.05, 0.1) is 17.4 Å². The Morgan fingerprint density at radius 3 is 2.77 bits per heavy atom. The number of aromatic amines is 2. The summed E-state index contributed by atoms with van der Waals surface area (Å²) in [6.07, 6.45) is 7.42. The number of benzene rings is 2. The first kappa shape index (κ1) is 16.4. The van der Waals surface area contributed by atoms with Gasteiger partial charge in [0.1, 0.15) is 0 Å². The van der Waals surface area contributed by atoms with Gasteiger partial charge in [0.2, 0.25) is 5.82 Å². The van der Waals surface area contributed by atoms with Gasteiger partial charge in [0.15, 0.2) is 11.5 Å². The molecule has 30 heavy (non-hydrogen) atoms. The molecule has 0 atom stereocenters. The van der Waals surface area contributed by atoms with Crippen molar-refractivity contribution in [2.45, 2.75) is 0 Å². The fourth-order valence-corrected chi connectivity index (χ4v) is 3.37. The van der Waals surface area contributed by atoms with Crippen LogP contribution in [0.15, 0.2) is 67.3 Å². The van der Waals surface area contributed by atoms with Crippen LogP contribution in [0.25, 0.3) is 39.2 Å². The van der Waals surface area contributed by atoms with Crippen LogP contribution in [-0.4, -0.2) is 45.2 Å². The Morgan fingerprint density at radius 2 is 1.90 bits per heavy atom. The maximum Gasteiger partial charge on any atom is 0.204 e. The number of tetrazole rings is 1. The fourth-order valence-electron chi connectivity index (χ4n) is 3.37. The molecule has 144 valence electrons. The standard InChI is InChI=1S/C20H14N10/c1-2-14-10-22-25-16(14)9-13(1)17-11-30-8-7-21-20(30)19(24-17)23-15-5-3-12(4-6-15)18-26-28-29-27-18/h1-11H,(H,22,25)(H,23,24)(H,26,27,28,29). The Labute approximate surface area is 169 Å². The van der Waals surface area contributed by atoms with Crippen molar-refractivity contribution in [1.82, 2.24) is 45.2 Å². The third-order valence-corrected chi connectivity index (χ3v) is 4.86. The Kier molecular flexibility index (Phi) is 3.54.